The van der Waals surface area contributed by atoms with Crippen LogP contribution < -0.4 is 5.32 Å². The second-order valence-corrected chi connectivity index (χ2v) is 22.3. The van der Waals surface area contributed by atoms with Crippen molar-refractivity contribution in [2.75, 3.05) is 6.54 Å². The van der Waals surface area contributed by atoms with Crippen molar-refractivity contribution >= 4 is 23.6 Å². The minimum atomic E-state index is -0.883. The smallest absolute Gasteiger partial charge is 0.233 e. The second kappa shape index (κ2) is 22.7. The minimum Gasteiger partial charge on any atom is -0.307 e. The van der Waals surface area contributed by atoms with Gasteiger partial charge in [-0.1, -0.05) is 192 Å². The van der Waals surface area contributed by atoms with Crippen LogP contribution in [0, 0.1) is 23.7 Å². The predicted molar refractivity (Wildman–Crippen MR) is 259 cm³/mol. The Bertz CT molecular complexity index is 1750. The van der Waals surface area contributed by atoms with Gasteiger partial charge in [0.05, 0.1) is 17.8 Å². The van der Waals surface area contributed by atoms with Gasteiger partial charge in [0.15, 0.2) is 0 Å². The van der Waals surface area contributed by atoms with Gasteiger partial charge in [-0.25, -0.2) is 0 Å². The monoisotopic (exact) mass is 866 g/mol. The first kappa shape index (κ1) is 50.7. The molecule has 0 aliphatic carbocycles. The number of nitrogens with zero attached hydrogens (tertiary/aromatic N) is 2. The van der Waals surface area contributed by atoms with Gasteiger partial charge in [-0.15, -0.1) is 0 Å². The zero-order valence-corrected chi connectivity index (χ0v) is 41.2. The van der Waals surface area contributed by atoms with E-state index < -0.39 is 34.5 Å². The Hall–Kier alpha value is -3.32. The molecular weight excluding hydrogens is 779 g/mol. The van der Waals surface area contributed by atoms with Gasteiger partial charge in [-0.05, 0) is 82.8 Å². The van der Waals surface area contributed by atoms with Gasteiger partial charge in [0.25, 0.3) is 0 Å². The molecule has 1 N–H and O–H groups in total. The van der Waals surface area contributed by atoms with Gasteiger partial charge in [-0.3, -0.25) is 29.0 Å². The third kappa shape index (κ3) is 12.9. The SMILES string of the molecule is CCCCCCCCCCCCCCCCCCN1C(=O)C(CC(C)(C)c2ccccc2)C(C(C)(CC2C(=O)N(C3CC(C)(C)NC(C)(C)C3)C(=O)C2CC)c2ccccc2)C1=O. The summed E-state index contributed by atoms with van der Waals surface area (Å²) in [5.41, 5.74) is 0.324. The molecule has 2 aromatic carbocycles. The molecule has 5 rings (SSSR count). The van der Waals surface area contributed by atoms with E-state index in [2.05, 4.69) is 85.0 Å². The van der Waals surface area contributed by atoms with Gasteiger partial charge in [0, 0.05) is 35.0 Å². The number of benzene rings is 2. The molecule has 7 heteroatoms. The summed E-state index contributed by atoms with van der Waals surface area (Å²) in [6, 6.07) is 20.2. The van der Waals surface area contributed by atoms with Crippen molar-refractivity contribution in [3.05, 3.63) is 71.8 Å². The number of piperidine rings is 1. The third-order valence-electron chi connectivity index (χ3n) is 15.4. The maximum Gasteiger partial charge on any atom is 0.233 e. The van der Waals surface area contributed by atoms with E-state index in [9.17, 15) is 14.4 Å². The molecule has 3 heterocycles. The zero-order valence-electron chi connectivity index (χ0n) is 41.2. The maximum absolute atomic E-state index is 15.2. The zero-order chi connectivity index (χ0) is 45.8. The lowest BCUT2D eigenvalue weighted by Crippen LogP contribution is -2.63. The van der Waals surface area contributed by atoms with Crippen molar-refractivity contribution in [2.24, 2.45) is 23.7 Å². The molecule has 4 amide bonds. The average Bonchev–Trinajstić information content (AvgIpc) is 3.61. The normalized spacial score (nSPS) is 23.8. The van der Waals surface area contributed by atoms with Crippen molar-refractivity contribution in [3.8, 4) is 0 Å². The molecule has 0 saturated carbocycles. The molecule has 5 atom stereocenters. The summed E-state index contributed by atoms with van der Waals surface area (Å²) in [5, 5.41) is 3.72. The predicted octanol–water partition coefficient (Wildman–Crippen LogP) is 12.9. The van der Waals surface area contributed by atoms with Crippen LogP contribution in [-0.2, 0) is 30.0 Å². The Morgan fingerprint density at radius 1 is 0.540 bits per heavy atom. The highest BCUT2D eigenvalue weighted by atomic mass is 16.2. The van der Waals surface area contributed by atoms with Crippen LogP contribution in [0.4, 0.5) is 0 Å². The van der Waals surface area contributed by atoms with Gasteiger partial charge in [0.1, 0.15) is 0 Å². The number of hydrogen-bond acceptors (Lipinski definition) is 5. The van der Waals surface area contributed by atoms with E-state index in [0.717, 1.165) is 30.4 Å². The fraction of sp³-hybridized carbons (Fsp3) is 0.714. The fourth-order valence-electron chi connectivity index (χ4n) is 12.3. The number of amides is 4. The Morgan fingerprint density at radius 2 is 0.984 bits per heavy atom. The van der Waals surface area contributed by atoms with Crippen molar-refractivity contribution < 1.29 is 19.2 Å². The number of unbranched alkanes of at least 4 members (excludes halogenated alkanes) is 15. The first-order valence-electron chi connectivity index (χ1n) is 25.6. The minimum absolute atomic E-state index is 0.0814. The van der Waals surface area contributed by atoms with Crippen LogP contribution >= 0.6 is 0 Å². The Balaban J connectivity index is 1.32. The molecule has 0 bridgehead atoms. The average molecular weight is 866 g/mol. The number of imide groups is 2. The summed E-state index contributed by atoms with van der Waals surface area (Å²) < 4.78 is 0. The molecule has 3 saturated heterocycles. The van der Waals surface area contributed by atoms with Crippen LogP contribution in [0.3, 0.4) is 0 Å². The highest BCUT2D eigenvalue weighted by Gasteiger charge is 2.60. The van der Waals surface area contributed by atoms with E-state index in [1.54, 1.807) is 9.80 Å². The largest absolute Gasteiger partial charge is 0.307 e. The van der Waals surface area contributed by atoms with Gasteiger partial charge < -0.3 is 5.32 Å². The van der Waals surface area contributed by atoms with E-state index >= 15 is 4.79 Å². The van der Waals surface area contributed by atoms with Gasteiger partial charge >= 0.3 is 0 Å². The van der Waals surface area contributed by atoms with E-state index in [4.69, 9.17) is 0 Å². The van der Waals surface area contributed by atoms with Crippen molar-refractivity contribution in [2.45, 2.75) is 225 Å². The molecule has 5 unspecified atom stereocenters. The lowest BCUT2D eigenvalue weighted by atomic mass is 9.60. The highest BCUT2D eigenvalue weighted by molar-refractivity contribution is 6.07. The molecule has 350 valence electrons. The van der Waals surface area contributed by atoms with Crippen LogP contribution in [0.15, 0.2) is 60.7 Å². The van der Waals surface area contributed by atoms with E-state index in [1.165, 1.54) is 83.5 Å². The second-order valence-electron chi connectivity index (χ2n) is 22.3. The molecule has 0 aromatic heterocycles. The lowest BCUT2D eigenvalue weighted by Gasteiger charge is -2.48. The van der Waals surface area contributed by atoms with Crippen LogP contribution in [-0.4, -0.2) is 57.1 Å². The first-order chi connectivity index (χ1) is 30.0. The molecule has 3 aliphatic heterocycles. The Morgan fingerprint density at radius 3 is 1.46 bits per heavy atom. The summed E-state index contributed by atoms with van der Waals surface area (Å²) >= 11 is 0. The number of likely N-dealkylation sites (tertiary alicyclic amines) is 2. The summed E-state index contributed by atoms with van der Waals surface area (Å²) in [5.74, 6) is -2.72. The van der Waals surface area contributed by atoms with Gasteiger partial charge in [0.2, 0.25) is 23.6 Å². The quantitative estimate of drug-likeness (QED) is 0.0752. The first-order valence-corrected chi connectivity index (χ1v) is 25.6. The van der Waals surface area contributed by atoms with Crippen LogP contribution in [0.1, 0.15) is 208 Å². The maximum atomic E-state index is 15.2. The highest BCUT2D eigenvalue weighted by Crippen LogP contribution is 2.52. The van der Waals surface area contributed by atoms with Crippen molar-refractivity contribution in [1.82, 2.24) is 15.1 Å². The van der Waals surface area contributed by atoms with E-state index in [1.807, 2.05) is 43.3 Å². The number of carbonyl (C=O) groups excluding carboxylic acids is 4. The number of carbonyl (C=O) groups is 4. The van der Waals surface area contributed by atoms with Gasteiger partial charge in [-0.2, -0.15) is 0 Å². The number of nitrogens with one attached hydrogen (secondary N) is 1. The summed E-state index contributed by atoms with van der Waals surface area (Å²) in [4.78, 5) is 62.8. The number of hydrogen-bond donors (Lipinski definition) is 1. The van der Waals surface area contributed by atoms with Crippen LogP contribution in [0.5, 0.6) is 0 Å². The Kier molecular flexibility index (Phi) is 18.3. The molecular formula is C56H87N3O4. The summed E-state index contributed by atoms with van der Waals surface area (Å²) in [6.07, 6.45) is 23.1. The standard InChI is InChI=1S/C56H87N3O4/c1-10-12-13-14-15-16-17-18-19-20-21-22-23-24-25-32-37-58-49(60)47(40-53(3,4)42-33-28-26-29-34-42)48(52(58)63)56(9,43-35-30-27-31-36-43)41-46-45(11-2)50(61)59(51(46)62)44-38-54(5,6)57-55(7,8)39-44/h26-31,33-36,44-48,57H,10-25,32,37-41H2,1-9H3. The molecule has 0 radical (unpaired) electrons. The molecule has 3 fully saturated rings. The molecule has 7 nitrogen and oxygen atoms in total. The lowest BCUT2D eigenvalue weighted by molar-refractivity contribution is -0.145. The van der Waals surface area contributed by atoms with E-state index in [0.29, 0.717) is 38.6 Å². The van der Waals surface area contributed by atoms with E-state index in [-0.39, 0.29) is 40.7 Å². The molecule has 2 aromatic rings. The topological polar surface area (TPSA) is 86.8 Å². The number of rotatable bonds is 26. The third-order valence-corrected chi connectivity index (χ3v) is 15.4. The van der Waals surface area contributed by atoms with Crippen molar-refractivity contribution in [3.63, 3.8) is 0 Å². The van der Waals surface area contributed by atoms with Crippen LogP contribution in [0.25, 0.3) is 0 Å². The van der Waals surface area contributed by atoms with Crippen LogP contribution in [0.2, 0.25) is 0 Å². The fourth-order valence-corrected chi connectivity index (χ4v) is 12.3. The summed E-state index contributed by atoms with van der Waals surface area (Å²) in [7, 11) is 0. The summed E-state index contributed by atoms with van der Waals surface area (Å²) in [6.45, 7) is 19.8. The molecule has 63 heavy (non-hydrogen) atoms. The molecule has 0 spiro atoms. The Labute approximate surface area is 383 Å². The molecule has 3 aliphatic rings. The van der Waals surface area contributed by atoms with Crippen molar-refractivity contribution in [1.29, 1.82) is 0 Å².